The Bertz CT molecular complexity index is 677. The summed E-state index contributed by atoms with van der Waals surface area (Å²) in [5, 5.41) is 12.3. The highest BCUT2D eigenvalue weighted by Crippen LogP contribution is 2.61. The van der Waals surface area contributed by atoms with Gasteiger partial charge in [0.1, 0.15) is 0 Å². The van der Waals surface area contributed by atoms with Crippen molar-refractivity contribution in [2.75, 3.05) is 5.75 Å². The van der Waals surface area contributed by atoms with Gasteiger partial charge in [-0.3, -0.25) is 4.79 Å². The van der Waals surface area contributed by atoms with E-state index in [4.69, 9.17) is 4.42 Å². The third-order valence-corrected chi connectivity index (χ3v) is 8.90. The maximum Gasteiger partial charge on any atom is 0.277 e. The standard InChI is InChI=1S/C22H33N3O2S/c1-14(22-10-15-7-16(11-22)9-17(8-15)12-22)23-19(26)13-28-21-25-24-20(27-21)18-5-3-2-4-6-18/h14-18H,2-13H2,1H3,(H,23,26)/t14-,15?,16?,17?,22?/m1/s1. The predicted octanol–water partition coefficient (Wildman–Crippen LogP) is 4.93. The number of thioether (sulfide) groups is 1. The van der Waals surface area contributed by atoms with Crippen LogP contribution in [0.1, 0.15) is 89.4 Å². The lowest BCUT2D eigenvalue weighted by Gasteiger charge is -2.59. The quantitative estimate of drug-likeness (QED) is 0.682. The van der Waals surface area contributed by atoms with Crippen molar-refractivity contribution in [3.8, 4) is 0 Å². The molecule has 5 fully saturated rings. The van der Waals surface area contributed by atoms with Gasteiger partial charge in [0.25, 0.3) is 5.22 Å². The largest absolute Gasteiger partial charge is 0.416 e. The lowest BCUT2D eigenvalue weighted by molar-refractivity contribution is -0.123. The molecule has 1 N–H and O–H groups in total. The van der Waals surface area contributed by atoms with E-state index >= 15 is 0 Å². The van der Waals surface area contributed by atoms with Gasteiger partial charge in [-0.1, -0.05) is 31.0 Å². The SMILES string of the molecule is C[C@@H](NC(=O)CSc1nnc(C2CCCCC2)o1)C12CC3CC(CC(C3)C1)C2. The van der Waals surface area contributed by atoms with E-state index in [1.807, 2.05) is 0 Å². The predicted molar refractivity (Wildman–Crippen MR) is 109 cm³/mol. The van der Waals surface area contributed by atoms with Gasteiger partial charge in [0.15, 0.2) is 0 Å². The minimum atomic E-state index is 0.102. The number of nitrogens with one attached hydrogen (secondary N) is 1. The third-order valence-electron chi connectivity index (χ3n) is 8.08. The van der Waals surface area contributed by atoms with Crippen LogP contribution >= 0.6 is 11.8 Å². The molecule has 1 atom stereocenters. The molecular formula is C22H33N3O2S. The van der Waals surface area contributed by atoms with E-state index in [2.05, 4.69) is 22.4 Å². The monoisotopic (exact) mass is 403 g/mol. The Hall–Kier alpha value is -1.04. The second kappa shape index (κ2) is 7.66. The fourth-order valence-corrected chi connectivity index (χ4v) is 7.65. The second-order valence-corrected chi connectivity index (χ2v) is 11.0. The van der Waals surface area contributed by atoms with Gasteiger partial charge in [0.05, 0.1) is 5.75 Å². The Labute approximate surface area is 172 Å². The Morgan fingerprint density at radius 3 is 2.39 bits per heavy atom. The molecule has 28 heavy (non-hydrogen) atoms. The van der Waals surface area contributed by atoms with Gasteiger partial charge in [-0.25, -0.2) is 0 Å². The van der Waals surface area contributed by atoms with Crippen molar-refractivity contribution in [1.82, 2.24) is 15.5 Å². The minimum Gasteiger partial charge on any atom is -0.416 e. The number of carbonyl (C=O) groups is 1. The summed E-state index contributed by atoms with van der Waals surface area (Å²) in [7, 11) is 0. The average Bonchev–Trinajstić information content (AvgIpc) is 3.15. The summed E-state index contributed by atoms with van der Waals surface area (Å²) in [5.41, 5.74) is 0.355. The Morgan fingerprint density at radius 1 is 1.11 bits per heavy atom. The normalized spacial score (nSPS) is 35.8. The first-order valence-electron chi connectivity index (χ1n) is 11.4. The fraction of sp³-hybridized carbons (Fsp3) is 0.864. The van der Waals surface area contributed by atoms with Crippen LogP contribution in [0.4, 0.5) is 0 Å². The molecule has 4 bridgehead atoms. The van der Waals surface area contributed by atoms with Crippen molar-refractivity contribution < 1.29 is 9.21 Å². The number of aromatic nitrogens is 2. The van der Waals surface area contributed by atoms with Crippen molar-refractivity contribution in [2.45, 2.75) is 94.7 Å². The smallest absolute Gasteiger partial charge is 0.277 e. The highest BCUT2D eigenvalue weighted by molar-refractivity contribution is 7.99. The molecule has 0 radical (unpaired) electrons. The number of amides is 1. The van der Waals surface area contributed by atoms with Crippen LogP contribution in [0.5, 0.6) is 0 Å². The van der Waals surface area contributed by atoms with E-state index < -0.39 is 0 Å². The summed E-state index contributed by atoms with van der Waals surface area (Å²) in [6, 6.07) is 0.273. The van der Waals surface area contributed by atoms with Crippen LogP contribution in [0.25, 0.3) is 0 Å². The zero-order chi connectivity index (χ0) is 19.1. The molecule has 5 saturated carbocycles. The summed E-state index contributed by atoms with van der Waals surface area (Å²) < 4.78 is 5.84. The summed E-state index contributed by atoms with van der Waals surface area (Å²) in [5.74, 6) is 4.39. The fourth-order valence-electron chi connectivity index (χ4n) is 7.06. The summed E-state index contributed by atoms with van der Waals surface area (Å²) in [6.07, 6.45) is 14.4. The Morgan fingerprint density at radius 2 is 1.75 bits per heavy atom. The van der Waals surface area contributed by atoms with Gasteiger partial charge in [0.2, 0.25) is 11.8 Å². The lowest BCUT2D eigenvalue weighted by atomic mass is 9.48. The molecule has 6 rings (SSSR count). The molecular weight excluding hydrogens is 370 g/mol. The molecule has 5 nitrogen and oxygen atoms in total. The van der Waals surface area contributed by atoms with Crippen molar-refractivity contribution >= 4 is 17.7 Å². The highest BCUT2D eigenvalue weighted by Gasteiger charge is 2.53. The van der Waals surface area contributed by atoms with E-state index in [-0.39, 0.29) is 11.9 Å². The summed E-state index contributed by atoms with van der Waals surface area (Å²) in [4.78, 5) is 12.6. The Kier molecular flexibility index (Phi) is 5.18. The van der Waals surface area contributed by atoms with Gasteiger partial charge in [-0.05, 0) is 81.5 Å². The van der Waals surface area contributed by atoms with Crippen molar-refractivity contribution in [3.63, 3.8) is 0 Å². The maximum absolute atomic E-state index is 12.6. The van der Waals surface area contributed by atoms with E-state index in [1.54, 1.807) is 0 Å². The van der Waals surface area contributed by atoms with Crippen LogP contribution in [0.3, 0.4) is 0 Å². The van der Waals surface area contributed by atoms with Crippen molar-refractivity contribution in [1.29, 1.82) is 0 Å². The number of carbonyl (C=O) groups excluding carboxylic acids is 1. The number of hydrogen-bond donors (Lipinski definition) is 1. The molecule has 0 saturated heterocycles. The van der Waals surface area contributed by atoms with Gasteiger partial charge in [-0.2, -0.15) is 0 Å². The second-order valence-electron chi connectivity index (χ2n) is 10.1. The molecule has 5 aliphatic carbocycles. The Balaban J connectivity index is 1.13. The topological polar surface area (TPSA) is 68.0 Å². The molecule has 0 spiro atoms. The molecule has 1 heterocycles. The van der Waals surface area contributed by atoms with Gasteiger partial charge in [0, 0.05) is 12.0 Å². The lowest BCUT2D eigenvalue weighted by Crippen LogP contribution is -2.56. The van der Waals surface area contributed by atoms with E-state index in [1.165, 1.54) is 69.5 Å². The van der Waals surface area contributed by atoms with Crippen LogP contribution in [-0.4, -0.2) is 27.9 Å². The first-order chi connectivity index (χ1) is 13.6. The van der Waals surface area contributed by atoms with Gasteiger partial charge in [-0.15, -0.1) is 10.2 Å². The first kappa shape index (κ1) is 19.0. The molecule has 5 aliphatic rings. The van der Waals surface area contributed by atoms with E-state index in [0.717, 1.165) is 36.5 Å². The molecule has 0 aromatic carbocycles. The zero-order valence-corrected chi connectivity index (χ0v) is 17.8. The number of rotatable bonds is 6. The summed E-state index contributed by atoms with van der Waals surface area (Å²) >= 11 is 1.38. The molecule has 1 aromatic rings. The molecule has 1 aromatic heterocycles. The van der Waals surface area contributed by atoms with Crippen LogP contribution in [0.15, 0.2) is 9.64 Å². The minimum absolute atomic E-state index is 0.102. The van der Waals surface area contributed by atoms with E-state index in [9.17, 15) is 4.79 Å². The molecule has 0 aliphatic heterocycles. The van der Waals surface area contributed by atoms with Gasteiger partial charge >= 0.3 is 0 Å². The summed E-state index contributed by atoms with van der Waals surface area (Å²) in [6.45, 7) is 2.24. The molecule has 6 heteroatoms. The van der Waals surface area contributed by atoms with Crippen LogP contribution in [0.2, 0.25) is 0 Å². The highest BCUT2D eigenvalue weighted by atomic mass is 32.2. The number of hydrogen-bond acceptors (Lipinski definition) is 5. The van der Waals surface area contributed by atoms with Crippen LogP contribution < -0.4 is 5.32 Å². The third kappa shape index (κ3) is 3.73. The van der Waals surface area contributed by atoms with Crippen molar-refractivity contribution in [3.05, 3.63) is 5.89 Å². The zero-order valence-electron chi connectivity index (χ0n) is 17.0. The van der Waals surface area contributed by atoms with Crippen molar-refractivity contribution in [2.24, 2.45) is 23.2 Å². The number of nitrogens with zero attached hydrogens (tertiary/aromatic N) is 2. The van der Waals surface area contributed by atoms with Crippen LogP contribution in [-0.2, 0) is 4.79 Å². The van der Waals surface area contributed by atoms with Gasteiger partial charge < -0.3 is 9.73 Å². The van der Waals surface area contributed by atoms with E-state index in [0.29, 0.717) is 22.3 Å². The molecule has 0 unspecified atom stereocenters. The first-order valence-corrected chi connectivity index (χ1v) is 12.3. The maximum atomic E-state index is 12.6. The van der Waals surface area contributed by atoms with Crippen LogP contribution in [0, 0.1) is 23.2 Å². The molecule has 1 amide bonds. The molecule has 154 valence electrons. The average molecular weight is 404 g/mol.